The molecule has 1 fully saturated rings. The molecule has 0 spiro atoms. The smallest absolute Gasteiger partial charge is 0.116 e. The second-order valence-corrected chi connectivity index (χ2v) is 9.88. The minimum atomic E-state index is -2.28. The van der Waals surface area contributed by atoms with Crippen LogP contribution in [0.3, 0.4) is 0 Å². The molecule has 2 radical (unpaired) electrons. The van der Waals surface area contributed by atoms with Gasteiger partial charge in [-0.05, 0) is 6.16 Å². The van der Waals surface area contributed by atoms with Gasteiger partial charge < -0.3 is 31.4 Å². The van der Waals surface area contributed by atoms with E-state index in [1.165, 1.54) is 0 Å². The molecular weight excluding hydrogens is 266 g/mol. The molecule has 0 amide bonds. The highest BCUT2D eigenvalue weighted by molar-refractivity contribution is 8.53. The molecule has 16 heavy (non-hydrogen) atoms. The van der Waals surface area contributed by atoms with Crippen molar-refractivity contribution in [3.05, 3.63) is 0 Å². The zero-order chi connectivity index (χ0) is 12.3. The quantitative estimate of drug-likeness (QED) is 0.440. The van der Waals surface area contributed by atoms with Gasteiger partial charge in [0.15, 0.2) is 0 Å². The SMILES string of the molecule is [B][C@@H]1O[C@H](COC)C(OP(=S)([S-])CC)[C@@H]1O. The minimum absolute atomic E-state index is 0.295. The van der Waals surface area contributed by atoms with Gasteiger partial charge in [-0.2, -0.15) is 0 Å². The van der Waals surface area contributed by atoms with Gasteiger partial charge in [0.1, 0.15) is 26.2 Å². The highest BCUT2D eigenvalue weighted by atomic mass is 32.9. The van der Waals surface area contributed by atoms with E-state index < -0.39 is 29.8 Å². The zero-order valence-electron chi connectivity index (χ0n) is 9.24. The summed E-state index contributed by atoms with van der Waals surface area (Å²) in [7, 11) is 7.13. The molecule has 5 atom stereocenters. The van der Waals surface area contributed by atoms with Crippen LogP contribution >= 0.6 is 5.47 Å². The maximum atomic E-state index is 9.81. The Balaban J connectivity index is 2.70. The first-order chi connectivity index (χ1) is 7.41. The van der Waals surface area contributed by atoms with E-state index in [4.69, 9.17) is 45.9 Å². The highest BCUT2D eigenvalue weighted by Crippen LogP contribution is 2.47. The first-order valence-electron chi connectivity index (χ1n) is 4.97. The number of aliphatic hydroxyl groups is 1. The summed E-state index contributed by atoms with van der Waals surface area (Å²) in [6.07, 6.45) is -1.31. The average molecular weight is 281 g/mol. The van der Waals surface area contributed by atoms with Crippen molar-refractivity contribution < 1.29 is 19.1 Å². The van der Waals surface area contributed by atoms with Gasteiger partial charge in [-0.1, -0.05) is 24.2 Å². The molecule has 0 aliphatic carbocycles. The summed E-state index contributed by atoms with van der Waals surface area (Å²) < 4.78 is 15.9. The molecule has 1 saturated heterocycles. The summed E-state index contributed by atoms with van der Waals surface area (Å²) in [5.74, 6) is 0. The monoisotopic (exact) mass is 281 g/mol. The minimum Gasteiger partial charge on any atom is -0.719 e. The van der Waals surface area contributed by atoms with Crippen LogP contribution in [-0.4, -0.2) is 57.1 Å². The number of rotatable bonds is 5. The Bertz CT molecular complexity index is 281. The van der Waals surface area contributed by atoms with Crippen molar-refractivity contribution in [3.8, 4) is 0 Å². The topological polar surface area (TPSA) is 47.9 Å². The Morgan fingerprint density at radius 2 is 2.25 bits per heavy atom. The zero-order valence-corrected chi connectivity index (χ0v) is 11.8. The van der Waals surface area contributed by atoms with Gasteiger partial charge in [0.05, 0.1) is 6.61 Å². The van der Waals surface area contributed by atoms with Crippen LogP contribution in [0.25, 0.3) is 0 Å². The largest absolute Gasteiger partial charge is 0.719 e. The van der Waals surface area contributed by atoms with Crippen LogP contribution in [0.4, 0.5) is 0 Å². The van der Waals surface area contributed by atoms with E-state index in [0.29, 0.717) is 12.8 Å². The molecule has 0 saturated carbocycles. The average Bonchev–Trinajstić information content (AvgIpc) is 2.47. The molecule has 1 rings (SSSR count). The van der Waals surface area contributed by atoms with Crippen molar-refractivity contribution in [2.45, 2.75) is 31.2 Å². The lowest BCUT2D eigenvalue weighted by Gasteiger charge is -2.33. The van der Waals surface area contributed by atoms with E-state index in [2.05, 4.69) is 0 Å². The molecule has 1 heterocycles. The van der Waals surface area contributed by atoms with Gasteiger partial charge >= 0.3 is 0 Å². The molecule has 1 aliphatic heterocycles. The summed E-state index contributed by atoms with van der Waals surface area (Å²) >= 11 is 10.3. The molecule has 1 N–H and O–H groups in total. The first-order valence-corrected chi connectivity index (χ1v) is 8.89. The predicted molar refractivity (Wildman–Crippen MR) is 69.4 cm³/mol. The second kappa shape index (κ2) is 6.18. The van der Waals surface area contributed by atoms with E-state index in [9.17, 15) is 5.11 Å². The fourth-order valence-corrected chi connectivity index (χ4v) is 2.83. The lowest BCUT2D eigenvalue weighted by atomic mass is 9.93. The van der Waals surface area contributed by atoms with Crippen molar-refractivity contribution >= 4 is 37.4 Å². The third-order valence-corrected chi connectivity index (χ3v) is 5.78. The molecule has 8 heteroatoms. The number of ether oxygens (including phenoxy) is 2. The summed E-state index contributed by atoms with van der Waals surface area (Å²) in [5.41, 5.74) is -2.28. The van der Waals surface area contributed by atoms with Crippen LogP contribution in [0.1, 0.15) is 6.92 Å². The standard InChI is InChI=1S/C8H16BO4PS2/c1-3-14(15,16)13-7-5(4-11-2)12-8(9)6(7)10/h5-8,10H,3-4H2,1-2H3,(H,15,16)/p-1/t5-,6+,7?,8-/m1/s1. The number of hydrogen-bond acceptors (Lipinski definition) is 6. The number of methoxy groups -OCH3 is 1. The van der Waals surface area contributed by atoms with Gasteiger partial charge in [0.2, 0.25) is 0 Å². The third kappa shape index (κ3) is 3.70. The second-order valence-electron chi connectivity index (χ2n) is 3.58. The molecule has 1 aliphatic rings. The summed E-state index contributed by atoms with van der Waals surface area (Å²) in [5, 5.41) is 9.81. The van der Waals surface area contributed by atoms with Crippen LogP contribution in [-0.2, 0) is 38.1 Å². The van der Waals surface area contributed by atoms with Gasteiger partial charge in [0.25, 0.3) is 0 Å². The van der Waals surface area contributed by atoms with Gasteiger partial charge in [-0.15, -0.1) is 0 Å². The predicted octanol–water partition coefficient (Wildman–Crippen LogP) is 0.149. The normalized spacial score (nSPS) is 38.5. The van der Waals surface area contributed by atoms with E-state index in [0.717, 1.165) is 0 Å². The lowest BCUT2D eigenvalue weighted by molar-refractivity contribution is -0.00834. The van der Waals surface area contributed by atoms with Crippen LogP contribution in [0.15, 0.2) is 0 Å². The number of aliphatic hydroxyl groups excluding tert-OH is 1. The van der Waals surface area contributed by atoms with Crippen molar-refractivity contribution in [2.24, 2.45) is 0 Å². The molecule has 2 unspecified atom stereocenters. The Labute approximate surface area is 108 Å². The molecule has 0 bridgehead atoms. The highest BCUT2D eigenvalue weighted by Gasteiger charge is 2.42. The Kier molecular flexibility index (Phi) is 5.78. The van der Waals surface area contributed by atoms with Crippen molar-refractivity contribution in [1.29, 1.82) is 0 Å². The van der Waals surface area contributed by atoms with Gasteiger partial charge in [-0.3, -0.25) is 0 Å². The Hall–Kier alpha value is 0.905. The number of hydrogen-bond donors (Lipinski definition) is 1. The maximum Gasteiger partial charge on any atom is 0.116 e. The molecule has 92 valence electrons. The van der Waals surface area contributed by atoms with Crippen LogP contribution in [0.5, 0.6) is 0 Å². The fraction of sp³-hybridized carbons (Fsp3) is 1.00. The maximum absolute atomic E-state index is 9.81. The van der Waals surface area contributed by atoms with E-state index in [1.54, 1.807) is 7.11 Å². The molecule has 0 aromatic carbocycles. The van der Waals surface area contributed by atoms with E-state index >= 15 is 0 Å². The Morgan fingerprint density at radius 1 is 1.62 bits per heavy atom. The van der Waals surface area contributed by atoms with Crippen molar-refractivity contribution in [1.82, 2.24) is 0 Å². The molecule has 0 aromatic rings. The van der Waals surface area contributed by atoms with Crippen LogP contribution < -0.4 is 0 Å². The molecular formula is C8H15BO4PS2-. The first kappa shape index (κ1) is 15.0. The van der Waals surface area contributed by atoms with Crippen molar-refractivity contribution in [2.75, 3.05) is 19.9 Å². The fourth-order valence-electron chi connectivity index (χ4n) is 1.46. The molecule has 0 aromatic heterocycles. The summed E-state index contributed by atoms with van der Waals surface area (Å²) in [4.78, 5) is 0. The Morgan fingerprint density at radius 3 is 2.75 bits per heavy atom. The lowest BCUT2D eigenvalue weighted by Crippen LogP contribution is -2.36. The van der Waals surface area contributed by atoms with Gasteiger partial charge in [0, 0.05) is 13.1 Å². The van der Waals surface area contributed by atoms with E-state index in [1.807, 2.05) is 6.92 Å². The summed E-state index contributed by atoms with van der Waals surface area (Å²) in [6.45, 7) is 2.17. The third-order valence-electron chi connectivity index (χ3n) is 2.37. The summed E-state index contributed by atoms with van der Waals surface area (Å²) in [6, 6.07) is -0.771. The van der Waals surface area contributed by atoms with E-state index in [-0.39, 0.29) is 0 Å². The molecule has 4 nitrogen and oxygen atoms in total. The van der Waals surface area contributed by atoms with Gasteiger partial charge in [-0.25, -0.2) is 0 Å². The van der Waals surface area contributed by atoms with Crippen LogP contribution in [0, 0.1) is 0 Å². The van der Waals surface area contributed by atoms with Crippen molar-refractivity contribution in [3.63, 3.8) is 0 Å². The van der Waals surface area contributed by atoms with Crippen LogP contribution in [0.2, 0.25) is 0 Å².